The Morgan fingerprint density at radius 3 is 2.48 bits per heavy atom. The van der Waals surface area contributed by atoms with E-state index in [1.54, 1.807) is 6.92 Å². The van der Waals surface area contributed by atoms with Gasteiger partial charge in [-0.15, -0.1) is 0 Å². The predicted octanol–water partition coefficient (Wildman–Crippen LogP) is 3.82. The first-order valence-corrected chi connectivity index (χ1v) is 7.93. The number of pyridine rings is 1. The molecule has 0 spiro atoms. The van der Waals surface area contributed by atoms with Crippen LogP contribution < -0.4 is 0 Å². The Morgan fingerprint density at radius 1 is 1.43 bits per heavy atom. The fourth-order valence-electron chi connectivity index (χ4n) is 2.39. The van der Waals surface area contributed by atoms with Gasteiger partial charge in [0, 0.05) is 17.0 Å². The first kappa shape index (κ1) is 17.7. The van der Waals surface area contributed by atoms with Crippen LogP contribution in [0.2, 0.25) is 5.02 Å². The Bertz CT molecular complexity index is 670. The maximum Gasteiger partial charge on any atom is 0.339 e. The lowest BCUT2D eigenvalue weighted by Crippen LogP contribution is -2.29. The number of hydrogen-bond acceptors (Lipinski definition) is 5. The fourth-order valence-corrected chi connectivity index (χ4v) is 2.68. The molecule has 2 rings (SSSR count). The summed E-state index contributed by atoms with van der Waals surface area (Å²) in [5.41, 5.74) is 1.49. The van der Waals surface area contributed by atoms with Crippen LogP contribution in [0.5, 0.6) is 0 Å². The molecule has 6 heteroatoms. The normalized spacial score (nSPS) is 15.9. The molecule has 1 saturated carbocycles. The number of aromatic nitrogens is 1. The molecule has 124 valence electrons. The molecule has 0 aliphatic heterocycles. The van der Waals surface area contributed by atoms with E-state index < -0.39 is 17.7 Å². The number of nitrogens with zero attached hydrogens (tertiary/aromatic N) is 2. The Balaban J connectivity index is 2.64. The van der Waals surface area contributed by atoms with Gasteiger partial charge in [0.25, 0.3) is 0 Å². The molecule has 23 heavy (non-hydrogen) atoms. The Labute approximate surface area is 141 Å². The summed E-state index contributed by atoms with van der Waals surface area (Å²) in [6, 6.07) is 2.06. The van der Waals surface area contributed by atoms with Crippen molar-refractivity contribution in [1.82, 2.24) is 4.98 Å². The maximum atomic E-state index is 12.3. The number of halogens is 1. The van der Waals surface area contributed by atoms with Gasteiger partial charge >= 0.3 is 5.97 Å². The van der Waals surface area contributed by atoms with Gasteiger partial charge in [0.1, 0.15) is 11.8 Å². The number of nitriles is 1. The van der Waals surface area contributed by atoms with E-state index in [4.69, 9.17) is 21.1 Å². The van der Waals surface area contributed by atoms with Crippen LogP contribution >= 0.6 is 11.6 Å². The SMILES string of the molecule is COC(=O)[C@@H](OC(C)(C)C)c1c(C2CC2)nc(C#N)c(C)c1Cl. The summed E-state index contributed by atoms with van der Waals surface area (Å²) in [5.74, 6) is -0.305. The first-order chi connectivity index (χ1) is 10.7. The topological polar surface area (TPSA) is 72.2 Å². The summed E-state index contributed by atoms with van der Waals surface area (Å²) in [4.78, 5) is 16.8. The van der Waals surface area contributed by atoms with Gasteiger partial charge in [0.15, 0.2) is 6.10 Å². The van der Waals surface area contributed by atoms with Gasteiger partial charge in [-0.1, -0.05) is 11.6 Å². The smallest absolute Gasteiger partial charge is 0.339 e. The van der Waals surface area contributed by atoms with Crippen LogP contribution in [0, 0.1) is 18.3 Å². The van der Waals surface area contributed by atoms with Gasteiger partial charge in [-0.05, 0) is 40.5 Å². The third-order valence-electron chi connectivity index (χ3n) is 3.65. The zero-order valence-electron chi connectivity index (χ0n) is 14.1. The summed E-state index contributed by atoms with van der Waals surface area (Å²) in [5, 5.41) is 9.61. The number of hydrogen-bond donors (Lipinski definition) is 0. The molecule has 1 aliphatic carbocycles. The summed E-state index contributed by atoms with van der Waals surface area (Å²) in [7, 11) is 1.32. The largest absolute Gasteiger partial charge is 0.467 e. The van der Waals surface area contributed by atoms with E-state index in [1.807, 2.05) is 20.8 Å². The molecule has 0 amide bonds. The lowest BCUT2D eigenvalue weighted by molar-refractivity contribution is -0.164. The van der Waals surface area contributed by atoms with Crippen LogP contribution in [0.1, 0.15) is 68.1 Å². The number of esters is 1. The second-order valence-corrected chi connectivity index (χ2v) is 7.10. The van der Waals surface area contributed by atoms with Crippen LogP contribution in [0.15, 0.2) is 0 Å². The van der Waals surface area contributed by atoms with Gasteiger partial charge in [-0.3, -0.25) is 0 Å². The third kappa shape index (κ3) is 3.82. The molecule has 0 unspecified atom stereocenters. The van der Waals surface area contributed by atoms with Crippen molar-refractivity contribution in [3.05, 3.63) is 27.5 Å². The molecule has 0 bridgehead atoms. The molecule has 0 saturated heterocycles. The standard InChI is InChI=1S/C17H21ClN2O3/c1-9-11(8-19)20-14(10-6-7-10)12(13(9)18)15(16(21)22-5)23-17(2,3)4/h10,15H,6-7H2,1-5H3/t15-/m0/s1. The number of carbonyl (C=O) groups excluding carboxylic acids is 1. The second kappa shape index (κ2) is 6.46. The van der Waals surface area contributed by atoms with Gasteiger partial charge in [-0.2, -0.15) is 5.26 Å². The van der Waals surface area contributed by atoms with Gasteiger partial charge in [0.2, 0.25) is 0 Å². The Kier molecular flexibility index (Phi) is 4.98. The molecule has 5 nitrogen and oxygen atoms in total. The van der Waals surface area contributed by atoms with Gasteiger partial charge in [0.05, 0.1) is 23.4 Å². The molecule has 1 aromatic rings. The number of ether oxygens (including phenoxy) is 2. The molecule has 0 aromatic carbocycles. The molecule has 0 N–H and O–H groups in total. The van der Waals surface area contributed by atoms with Gasteiger partial charge in [-0.25, -0.2) is 9.78 Å². The van der Waals surface area contributed by atoms with Crippen molar-refractivity contribution in [3.8, 4) is 6.07 Å². The molecule has 1 aromatic heterocycles. The first-order valence-electron chi connectivity index (χ1n) is 7.55. The minimum Gasteiger partial charge on any atom is -0.467 e. The van der Waals surface area contributed by atoms with E-state index in [0.29, 0.717) is 27.5 Å². The Hall–Kier alpha value is -1.64. The van der Waals surface area contributed by atoms with Crippen molar-refractivity contribution in [3.63, 3.8) is 0 Å². The van der Waals surface area contributed by atoms with Crippen LogP contribution in [0.4, 0.5) is 0 Å². The number of methoxy groups -OCH3 is 1. The Morgan fingerprint density at radius 2 is 2.04 bits per heavy atom. The van der Waals surface area contributed by atoms with E-state index >= 15 is 0 Å². The lowest BCUT2D eigenvalue weighted by Gasteiger charge is -2.28. The summed E-state index contributed by atoms with van der Waals surface area (Å²) < 4.78 is 10.8. The highest BCUT2D eigenvalue weighted by atomic mass is 35.5. The van der Waals surface area contributed by atoms with Crippen molar-refractivity contribution in [1.29, 1.82) is 5.26 Å². The molecule has 0 radical (unpaired) electrons. The quantitative estimate of drug-likeness (QED) is 0.781. The molecule has 1 fully saturated rings. The molecule has 1 aliphatic rings. The van der Waals surface area contributed by atoms with Crippen LogP contribution in [0.25, 0.3) is 0 Å². The van der Waals surface area contributed by atoms with Crippen LogP contribution in [-0.2, 0) is 14.3 Å². The predicted molar refractivity (Wildman–Crippen MR) is 86.3 cm³/mol. The monoisotopic (exact) mass is 336 g/mol. The third-order valence-corrected chi connectivity index (χ3v) is 4.13. The van der Waals surface area contributed by atoms with Crippen molar-refractivity contribution in [2.75, 3.05) is 7.11 Å². The highest BCUT2D eigenvalue weighted by Crippen LogP contribution is 2.46. The zero-order chi connectivity index (χ0) is 17.4. The van der Waals surface area contributed by atoms with E-state index in [-0.39, 0.29) is 5.92 Å². The van der Waals surface area contributed by atoms with E-state index in [0.717, 1.165) is 12.8 Å². The van der Waals surface area contributed by atoms with Crippen LogP contribution in [-0.4, -0.2) is 23.7 Å². The zero-order valence-corrected chi connectivity index (χ0v) is 14.8. The average Bonchev–Trinajstić information content (AvgIpc) is 3.30. The maximum absolute atomic E-state index is 12.3. The van der Waals surface area contributed by atoms with E-state index in [9.17, 15) is 10.1 Å². The number of carbonyl (C=O) groups is 1. The molecule has 1 heterocycles. The lowest BCUT2D eigenvalue weighted by atomic mass is 9.99. The second-order valence-electron chi connectivity index (χ2n) is 6.72. The van der Waals surface area contributed by atoms with E-state index in [1.165, 1.54) is 7.11 Å². The minimum absolute atomic E-state index is 0.214. The van der Waals surface area contributed by atoms with Crippen molar-refractivity contribution in [2.45, 2.75) is 58.2 Å². The van der Waals surface area contributed by atoms with E-state index in [2.05, 4.69) is 11.1 Å². The molecular weight excluding hydrogens is 316 g/mol. The summed E-state index contributed by atoms with van der Waals surface area (Å²) in [6.45, 7) is 7.30. The van der Waals surface area contributed by atoms with Crippen LogP contribution in [0.3, 0.4) is 0 Å². The van der Waals surface area contributed by atoms with Gasteiger partial charge < -0.3 is 9.47 Å². The molecular formula is C17H21ClN2O3. The fraction of sp³-hybridized carbons (Fsp3) is 0.588. The molecule has 1 atom stereocenters. The van der Waals surface area contributed by atoms with Crippen molar-refractivity contribution >= 4 is 17.6 Å². The highest BCUT2D eigenvalue weighted by molar-refractivity contribution is 6.32. The van der Waals surface area contributed by atoms with Crippen molar-refractivity contribution < 1.29 is 14.3 Å². The number of rotatable bonds is 4. The minimum atomic E-state index is -0.956. The average molecular weight is 337 g/mol. The summed E-state index contributed by atoms with van der Waals surface area (Å²) in [6.07, 6.45) is 0.975. The summed E-state index contributed by atoms with van der Waals surface area (Å²) >= 11 is 6.50. The highest BCUT2D eigenvalue weighted by Gasteiger charge is 2.38. The van der Waals surface area contributed by atoms with Crippen molar-refractivity contribution in [2.24, 2.45) is 0 Å².